The van der Waals surface area contributed by atoms with Crippen LogP contribution >= 0.6 is 0 Å². The Morgan fingerprint density at radius 3 is 2.14 bits per heavy atom. The predicted octanol–water partition coefficient (Wildman–Crippen LogP) is 5.22. The van der Waals surface area contributed by atoms with Crippen molar-refractivity contribution in [2.45, 2.75) is 84.0 Å². The Morgan fingerprint density at radius 1 is 1.14 bits per heavy atom. The fraction of sp³-hybridized carbons (Fsp3) is 0.824. The van der Waals surface area contributed by atoms with Gasteiger partial charge in [-0.05, 0) is 37.5 Å². The molecule has 0 aliphatic rings. The fourth-order valence-corrected chi connectivity index (χ4v) is 3.76. The van der Waals surface area contributed by atoms with Crippen LogP contribution in [-0.2, 0) is 14.0 Å². The lowest BCUT2D eigenvalue weighted by atomic mass is 10.2. The van der Waals surface area contributed by atoms with Crippen molar-refractivity contribution in [3.63, 3.8) is 0 Å². The molecule has 3 nitrogen and oxygen atoms in total. The maximum atomic E-state index is 11.6. The van der Waals surface area contributed by atoms with Crippen LogP contribution in [0.4, 0.5) is 0 Å². The lowest BCUT2D eigenvalue weighted by Crippen LogP contribution is -2.43. The molecule has 0 aliphatic carbocycles. The number of carbonyl (C=O) groups excluding carboxylic acids is 1. The molecule has 0 fully saturated rings. The second-order valence-corrected chi connectivity index (χ2v) is 19.2. The van der Waals surface area contributed by atoms with Crippen LogP contribution < -0.4 is 0 Å². The monoisotopic (exact) mass is 344 g/mol. The highest BCUT2D eigenvalue weighted by Crippen LogP contribution is 2.37. The SMILES string of the molecule is C[C@H](C/C=C/C(=O)OCC[Si](C)(C)C)O[Si](C)(C)C(C)(C)C. The van der Waals surface area contributed by atoms with Gasteiger partial charge in [-0.25, -0.2) is 4.79 Å². The van der Waals surface area contributed by atoms with Gasteiger partial charge in [-0.15, -0.1) is 0 Å². The second kappa shape index (κ2) is 8.45. The zero-order chi connectivity index (χ0) is 17.6. The Bertz CT molecular complexity index is 376. The van der Waals surface area contributed by atoms with E-state index in [2.05, 4.69) is 60.4 Å². The first-order chi connectivity index (χ1) is 9.74. The standard InChI is InChI=1S/C17H36O3Si2/c1-15(20-22(8,9)17(2,3)4)11-10-12-16(18)19-13-14-21(5,6)7/h10,12,15H,11,13-14H2,1-9H3/b12-10+/t15-/m1/s1. The van der Waals surface area contributed by atoms with Crippen molar-refractivity contribution in [2.24, 2.45) is 0 Å². The van der Waals surface area contributed by atoms with Crippen molar-refractivity contribution in [2.75, 3.05) is 6.61 Å². The first kappa shape index (κ1) is 21.6. The number of rotatable bonds is 8. The summed E-state index contributed by atoms with van der Waals surface area (Å²) < 4.78 is 11.5. The minimum Gasteiger partial charge on any atom is -0.463 e. The van der Waals surface area contributed by atoms with Crippen LogP contribution in [0.3, 0.4) is 0 Å². The molecule has 0 radical (unpaired) electrons. The third-order valence-electron chi connectivity index (χ3n) is 4.12. The van der Waals surface area contributed by atoms with E-state index < -0.39 is 16.4 Å². The summed E-state index contributed by atoms with van der Waals surface area (Å²) in [6, 6.07) is 1.01. The summed E-state index contributed by atoms with van der Waals surface area (Å²) in [6.07, 6.45) is 4.28. The Balaban J connectivity index is 4.14. The highest BCUT2D eigenvalue weighted by Gasteiger charge is 2.38. The van der Waals surface area contributed by atoms with Gasteiger partial charge in [-0.2, -0.15) is 0 Å². The summed E-state index contributed by atoms with van der Waals surface area (Å²) >= 11 is 0. The van der Waals surface area contributed by atoms with Crippen LogP contribution in [0, 0.1) is 0 Å². The van der Waals surface area contributed by atoms with Gasteiger partial charge < -0.3 is 9.16 Å². The van der Waals surface area contributed by atoms with E-state index in [0.29, 0.717) is 6.61 Å². The van der Waals surface area contributed by atoms with Crippen LogP contribution in [0.15, 0.2) is 12.2 Å². The molecule has 0 heterocycles. The van der Waals surface area contributed by atoms with Gasteiger partial charge in [0.25, 0.3) is 0 Å². The van der Waals surface area contributed by atoms with E-state index in [1.807, 2.05) is 6.08 Å². The van der Waals surface area contributed by atoms with E-state index in [4.69, 9.17) is 9.16 Å². The molecule has 0 saturated heterocycles. The van der Waals surface area contributed by atoms with Crippen molar-refractivity contribution in [1.82, 2.24) is 0 Å². The van der Waals surface area contributed by atoms with Gasteiger partial charge in [0.2, 0.25) is 0 Å². The lowest BCUT2D eigenvalue weighted by Gasteiger charge is -2.38. The maximum absolute atomic E-state index is 11.6. The van der Waals surface area contributed by atoms with Crippen LogP contribution in [-0.4, -0.2) is 35.1 Å². The average molecular weight is 345 g/mol. The topological polar surface area (TPSA) is 35.5 Å². The number of esters is 1. The van der Waals surface area contributed by atoms with E-state index in [1.54, 1.807) is 0 Å². The highest BCUT2D eigenvalue weighted by atomic mass is 28.4. The zero-order valence-corrected chi connectivity index (χ0v) is 18.1. The molecule has 0 unspecified atom stereocenters. The Kier molecular flexibility index (Phi) is 8.30. The van der Waals surface area contributed by atoms with Gasteiger partial charge in [0.1, 0.15) is 0 Å². The number of ether oxygens (including phenoxy) is 1. The van der Waals surface area contributed by atoms with E-state index in [-0.39, 0.29) is 17.1 Å². The van der Waals surface area contributed by atoms with E-state index in [0.717, 1.165) is 12.5 Å². The number of carbonyl (C=O) groups is 1. The molecule has 0 amide bonds. The number of hydrogen-bond donors (Lipinski definition) is 0. The predicted molar refractivity (Wildman–Crippen MR) is 101 cm³/mol. The van der Waals surface area contributed by atoms with Crippen molar-refractivity contribution in [1.29, 1.82) is 0 Å². The normalized spacial score (nSPS) is 15.1. The van der Waals surface area contributed by atoms with Gasteiger partial charge in [0.15, 0.2) is 8.32 Å². The molecular weight excluding hydrogens is 308 g/mol. The minimum atomic E-state index is -1.73. The number of hydrogen-bond acceptors (Lipinski definition) is 3. The summed E-state index contributed by atoms with van der Waals surface area (Å²) in [4.78, 5) is 11.6. The van der Waals surface area contributed by atoms with Gasteiger partial charge in [-0.3, -0.25) is 0 Å². The Hall–Kier alpha value is -0.396. The van der Waals surface area contributed by atoms with Crippen molar-refractivity contribution < 1.29 is 14.0 Å². The molecule has 5 heteroatoms. The lowest BCUT2D eigenvalue weighted by molar-refractivity contribution is -0.137. The summed E-state index contributed by atoms with van der Waals surface area (Å²) in [6.45, 7) is 20.6. The quantitative estimate of drug-likeness (QED) is 0.344. The van der Waals surface area contributed by atoms with Crippen LogP contribution in [0.5, 0.6) is 0 Å². The summed E-state index contributed by atoms with van der Waals surface area (Å²) in [7, 11) is -2.87. The first-order valence-electron chi connectivity index (χ1n) is 8.26. The summed E-state index contributed by atoms with van der Waals surface area (Å²) in [5.41, 5.74) is 0. The zero-order valence-electron chi connectivity index (χ0n) is 16.1. The maximum Gasteiger partial charge on any atom is 0.330 e. The van der Waals surface area contributed by atoms with E-state index in [1.165, 1.54) is 6.08 Å². The smallest absolute Gasteiger partial charge is 0.330 e. The molecule has 0 saturated carbocycles. The van der Waals surface area contributed by atoms with Crippen LogP contribution in [0.1, 0.15) is 34.1 Å². The van der Waals surface area contributed by atoms with E-state index in [9.17, 15) is 4.79 Å². The molecule has 0 aromatic heterocycles. The van der Waals surface area contributed by atoms with Crippen molar-refractivity contribution >= 4 is 22.4 Å². The molecule has 0 bridgehead atoms. The molecule has 1 atom stereocenters. The molecule has 0 aromatic carbocycles. The molecule has 0 spiro atoms. The van der Waals surface area contributed by atoms with Crippen molar-refractivity contribution in [3.8, 4) is 0 Å². The van der Waals surface area contributed by atoms with Gasteiger partial charge in [0, 0.05) is 20.3 Å². The molecule has 0 aliphatic heterocycles. The van der Waals surface area contributed by atoms with Gasteiger partial charge >= 0.3 is 5.97 Å². The molecule has 0 aromatic rings. The molecule has 130 valence electrons. The molecular formula is C17H36O3Si2. The van der Waals surface area contributed by atoms with Gasteiger partial charge in [0.05, 0.1) is 6.61 Å². The molecule has 0 N–H and O–H groups in total. The van der Waals surface area contributed by atoms with Gasteiger partial charge in [-0.1, -0.05) is 46.5 Å². The first-order valence-corrected chi connectivity index (χ1v) is 14.9. The highest BCUT2D eigenvalue weighted by molar-refractivity contribution is 6.76. The van der Waals surface area contributed by atoms with Crippen LogP contribution in [0.25, 0.3) is 0 Å². The third kappa shape index (κ3) is 9.59. The van der Waals surface area contributed by atoms with E-state index >= 15 is 0 Å². The Labute approximate surface area is 139 Å². The van der Waals surface area contributed by atoms with Crippen LogP contribution in [0.2, 0.25) is 43.8 Å². The van der Waals surface area contributed by atoms with Crippen molar-refractivity contribution in [3.05, 3.63) is 12.2 Å². The third-order valence-corrected chi connectivity index (χ3v) is 10.4. The Morgan fingerprint density at radius 2 is 1.68 bits per heavy atom. The largest absolute Gasteiger partial charge is 0.463 e. The minimum absolute atomic E-state index is 0.131. The molecule has 22 heavy (non-hydrogen) atoms. The summed E-state index contributed by atoms with van der Waals surface area (Å²) in [5, 5.41) is 0.209. The average Bonchev–Trinajstić information content (AvgIpc) is 2.24. The molecule has 0 rings (SSSR count). The second-order valence-electron chi connectivity index (χ2n) is 8.81. The fourth-order valence-electron chi connectivity index (χ4n) is 1.59. The summed E-state index contributed by atoms with van der Waals surface area (Å²) in [5.74, 6) is -0.238.